The van der Waals surface area contributed by atoms with Gasteiger partial charge in [-0.15, -0.1) is 0 Å². The van der Waals surface area contributed by atoms with Gasteiger partial charge in [0.05, 0.1) is 30.8 Å². The van der Waals surface area contributed by atoms with Gasteiger partial charge in [0, 0.05) is 6.07 Å². The average Bonchev–Trinajstić information content (AvgIpc) is 2.77. The molecule has 0 radical (unpaired) electrons. The van der Waals surface area contributed by atoms with Crippen molar-refractivity contribution in [3.63, 3.8) is 0 Å². The smallest absolute Gasteiger partial charge is 0.375 e. The molecule has 0 amide bonds. The number of carbonyl (C=O) groups excluding carboxylic acids is 2. The Bertz CT molecular complexity index is 1180. The van der Waals surface area contributed by atoms with Crippen LogP contribution < -0.4 is 14.9 Å². The van der Waals surface area contributed by atoms with Crippen molar-refractivity contribution >= 4 is 22.9 Å². The van der Waals surface area contributed by atoms with E-state index in [1.54, 1.807) is 51.1 Å². The van der Waals surface area contributed by atoms with E-state index in [1.807, 2.05) is 0 Å². The molecule has 2 aromatic carbocycles. The van der Waals surface area contributed by atoms with Crippen LogP contribution in [-0.2, 0) is 14.3 Å². The van der Waals surface area contributed by atoms with Crippen LogP contribution >= 0.6 is 0 Å². The van der Waals surface area contributed by atoms with Crippen molar-refractivity contribution in [2.75, 3.05) is 20.3 Å². The van der Waals surface area contributed by atoms with Crippen LogP contribution in [0.3, 0.4) is 0 Å². The number of rotatable bonds is 8. The second-order valence-electron chi connectivity index (χ2n) is 7.07. The van der Waals surface area contributed by atoms with Crippen molar-refractivity contribution in [1.82, 2.24) is 0 Å². The van der Waals surface area contributed by atoms with Gasteiger partial charge in [0.1, 0.15) is 17.1 Å². The SMILES string of the molecule is CCOC(=O)c1oc2cc(OCC(=O)OC(C)C)ccc2c(=O)c1-c1ccc(OC)cc1. The topological polar surface area (TPSA) is 101 Å². The zero-order chi connectivity index (χ0) is 23.3. The van der Waals surface area contributed by atoms with Crippen LogP contribution in [0.1, 0.15) is 31.3 Å². The molecule has 1 aromatic heterocycles. The molecule has 0 saturated heterocycles. The summed E-state index contributed by atoms with van der Waals surface area (Å²) in [5.41, 5.74) is 0.310. The Morgan fingerprint density at radius 2 is 1.72 bits per heavy atom. The normalized spacial score (nSPS) is 10.8. The van der Waals surface area contributed by atoms with Gasteiger partial charge < -0.3 is 23.4 Å². The van der Waals surface area contributed by atoms with Crippen LogP contribution in [0.5, 0.6) is 11.5 Å². The first-order valence-corrected chi connectivity index (χ1v) is 10.1. The van der Waals surface area contributed by atoms with Crippen molar-refractivity contribution in [3.8, 4) is 22.6 Å². The molecule has 3 rings (SSSR count). The molecule has 0 N–H and O–H groups in total. The van der Waals surface area contributed by atoms with Gasteiger partial charge in [0.2, 0.25) is 11.2 Å². The van der Waals surface area contributed by atoms with Gasteiger partial charge in [-0.05, 0) is 50.6 Å². The fourth-order valence-electron chi connectivity index (χ4n) is 3.06. The van der Waals surface area contributed by atoms with Crippen LogP contribution in [0.25, 0.3) is 22.1 Å². The van der Waals surface area contributed by atoms with Crippen LogP contribution in [-0.4, -0.2) is 38.4 Å². The first kappa shape index (κ1) is 22.9. The van der Waals surface area contributed by atoms with Crippen molar-refractivity contribution in [1.29, 1.82) is 0 Å². The molecule has 8 heteroatoms. The highest BCUT2D eigenvalue weighted by Gasteiger charge is 2.23. The summed E-state index contributed by atoms with van der Waals surface area (Å²) in [6.45, 7) is 4.94. The fraction of sp³-hybridized carbons (Fsp3) is 0.292. The molecule has 168 valence electrons. The molecule has 0 aliphatic heterocycles. The number of hydrogen-bond donors (Lipinski definition) is 0. The molecule has 0 unspecified atom stereocenters. The lowest BCUT2D eigenvalue weighted by Gasteiger charge is -2.12. The monoisotopic (exact) mass is 440 g/mol. The van der Waals surface area contributed by atoms with Crippen molar-refractivity contribution in [3.05, 3.63) is 58.4 Å². The van der Waals surface area contributed by atoms with Crippen LogP contribution in [0.4, 0.5) is 0 Å². The standard InChI is InChI=1S/C24H24O8/c1-5-29-24(27)23-21(15-6-8-16(28-4)9-7-15)22(26)18-11-10-17(12-19(18)32-23)30-13-20(25)31-14(2)3/h6-12,14H,5,13H2,1-4H3. The second kappa shape index (κ2) is 10.00. The third-order valence-corrected chi connectivity index (χ3v) is 4.43. The third kappa shape index (κ3) is 5.08. The number of esters is 2. The van der Waals surface area contributed by atoms with Gasteiger partial charge in [-0.2, -0.15) is 0 Å². The first-order chi connectivity index (χ1) is 15.3. The highest BCUT2D eigenvalue weighted by atomic mass is 16.6. The lowest BCUT2D eigenvalue weighted by atomic mass is 10.0. The molecule has 8 nitrogen and oxygen atoms in total. The largest absolute Gasteiger partial charge is 0.497 e. The summed E-state index contributed by atoms with van der Waals surface area (Å²) in [5.74, 6) is -0.610. The highest BCUT2D eigenvalue weighted by Crippen LogP contribution is 2.28. The Hall–Kier alpha value is -3.81. The number of carbonyl (C=O) groups is 2. The van der Waals surface area contributed by atoms with E-state index in [0.717, 1.165) is 0 Å². The summed E-state index contributed by atoms with van der Waals surface area (Å²) in [4.78, 5) is 37.6. The predicted octanol–water partition coefficient (Wildman–Crippen LogP) is 3.98. The Kier molecular flexibility index (Phi) is 7.14. The van der Waals surface area contributed by atoms with E-state index in [2.05, 4.69) is 0 Å². The van der Waals surface area contributed by atoms with E-state index in [9.17, 15) is 14.4 Å². The molecular formula is C24H24O8. The first-order valence-electron chi connectivity index (χ1n) is 10.1. The minimum Gasteiger partial charge on any atom is -0.497 e. The van der Waals surface area contributed by atoms with Crippen LogP contribution in [0.2, 0.25) is 0 Å². The predicted molar refractivity (Wildman–Crippen MR) is 117 cm³/mol. The zero-order valence-corrected chi connectivity index (χ0v) is 18.3. The molecule has 3 aromatic rings. The second-order valence-corrected chi connectivity index (χ2v) is 7.07. The summed E-state index contributed by atoms with van der Waals surface area (Å²) < 4.78 is 26.5. The lowest BCUT2D eigenvalue weighted by molar-refractivity contribution is -0.149. The molecule has 32 heavy (non-hydrogen) atoms. The quantitative estimate of drug-likeness (QED) is 0.485. The number of ether oxygens (including phenoxy) is 4. The summed E-state index contributed by atoms with van der Waals surface area (Å²) in [6, 6.07) is 11.2. The number of hydrogen-bond acceptors (Lipinski definition) is 8. The molecule has 0 aliphatic carbocycles. The van der Waals surface area contributed by atoms with E-state index >= 15 is 0 Å². The van der Waals surface area contributed by atoms with E-state index in [0.29, 0.717) is 11.3 Å². The minimum absolute atomic E-state index is 0.0905. The number of methoxy groups -OCH3 is 1. The maximum atomic E-state index is 13.3. The lowest BCUT2D eigenvalue weighted by Crippen LogP contribution is -2.18. The molecular weight excluding hydrogens is 416 g/mol. The summed E-state index contributed by atoms with van der Waals surface area (Å²) in [6.07, 6.45) is -0.260. The van der Waals surface area contributed by atoms with Gasteiger partial charge in [0.25, 0.3) is 0 Å². The van der Waals surface area contributed by atoms with Crippen molar-refractivity contribution < 1.29 is 33.0 Å². The maximum Gasteiger partial charge on any atom is 0.375 e. The molecule has 1 heterocycles. The number of benzene rings is 2. The fourth-order valence-corrected chi connectivity index (χ4v) is 3.06. The Morgan fingerprint density at radius 3 is 2.34 bits per heavy atom. The van der Waals surface area contributed by atoms with Gasteiger partial charge >= 0.3 is 11.9 Å². The van der Waals surface area contributed by atoms with Gasteiger partial charge in [0.15, 0.2) is 6.61 Å². The molecule has 0 fully saturated rings. The molecule has 0 bridgehead atoms. The van der Waals surface area contributed by atoms with E-state index in [1.165, 1.54) is 19.2 Å². The van der Waals surface area contributed by atoms with Crippen molar-refractivity contribution in [2.24, 2.45) is 0 Å². The molecule has 0 atom stereocenters. The maximum absolute atomic E-state index is 13.3. The van der Waals surface area contributed by atoms with Gasteiger partial charge in [-0.3, -0.25) is 4.79 Å². The van der Waals surface area contributed by atoms with E-state index < -0.39 is 17.4 Å². The Balaban J connectivity index is 2.06. The summed E-state index contributed by atoms with van der Waals surface area (Å²) >= 11 is 0. The van der Waals surface area contributed by atoms with E-state index in [4.69, 9.17) is 23.4 Å². The summed E-state index contributed by atoms with van der Waals surface area (Å²) in [7, 11) is 1.53. The van der Waals surface area contributed by atoms with Gasteiger partial charge in [-0.25, -0.2) is 9.59 Å². The van der Waals surface area contributed by atoms with Crippen molar-refractivity contribution in [2.45, 2.75) is 26.9 Å². The summed E-state index contributed by atoms with van der Waals surface area (Å²) in [5, 5.41) is 0.251. The van der Waals surface area contributed by atoms with E-state index in [-0.39, 0.29) is 47.4 Å². The average molecular weight is 440 g/mol. The van der Waals surface area contributed by atoms with Gasteiger partial charge in [-0.1, -0.05) is 12.1 Å². The molecule has 0 spiro atoms. The third-order valence-electron chi connectivity index (χ3n) is 4.43. The van der Waals surface area contributed by atoms with Crippen LogP contribution in [0.15, 0.2) is 51.7 Å². The Labute approximate surface area is 184 Å². The van der Waals surface area contributed by atoms with Crippen LogP contribution in [0, 0.1) is 0 Å². The Morgan fingerprint density at radius 1 is 1.03 bits per heavy atom. The highest BCUT2D eigenvalue weighted by molar-refractivity contribution is 5.97. The number of fused-ring (bicyclic) bond motifs is 1. The minimum atomic E-state index is -0.760. The zero-order valence-electron chi connectivity index (χ0n) is 18.3. The molecule has 0 aliphatic rings. The molecule has 0 saturated carbocycles.